The maximum Gasteiger partial charge on any atom is 0.330 e. The van der Waals surface area contributed by atoms with Crippen molar-refractivity contribution >= 4 is 33.8 Å². The Morgan fingerprint density at radius 1 is 1.07 bits per heavy atom. The Morgan fingerprint density at radius 2 is 1.87 bits per heavy atom. The predicted molar refractivity (Wildman–Crippen MR) is 119 cm³/mol. The first-order valence-corrected chi connectivity index (χ1v) is 11.1. The molecule has 30 heavy (non-hydrogen) atoms. The topological polar surface area (TPSA) is 98.5 Å². The van der Waals surface area contributed by atoms with Crippen LogP contribution in [0.3, 0.4) is 0 Å². The standard InChI is InChI=1S/C21H24N6O2S/c1-4-6-11-27-18-17(19(28)25-21(27)29)26(5-2)16(24-18)12-30-20-14-9-7-8-10-15(14)22-13(3)23-20/h7-10H,4-6,11-12H2,1-3H3,(H,25,28,29). The maximum absolute atomic E-state index is 12.6. The number of fused-ring (bicyclic) bond motifs is 2. The summed E-state index contributed by atoms with van der Waals surface area (Å²) in [7, 11) is 0. The normalized spacial score (nSPS) is 11.6. The molecule has 3 heterocycles. The van der Waals surface area contributed by atoms with E-state index in [1.54, 1.807) is 16.3 Å². The number of hydrogen-bond acceptors (Lipinski definition) is 6. The van der Waals surface area contributed by atoms with E-state index in [4.69, 9.17) is 4.98 Å². The van der Waals surface area contributed by atoms with Crippen molar-refractivity contribution in [1.29, 1.82) is 0 Å². The van der Waals surface area contributed by atoms with Crippen LogP contribution in [-0.4, -0.2) is 29.1 Å². The van der Waals surface area contributed by atoms with Crippen LogP contribution in [0.5, 0.6) is 0 Å². The molecule has 0 unspecified atom stereocenters. The lowest BCUT2D eigenvalue weighted by Gasteiger charge is -2.08. The van der Waals surface area contributed by atoms with Crippen LogP contribution in [0.4, 0.5) is 0 Å². The average molecular weight is 425 g/mol. The van der Waals surface area contributed by atoms with Crippen LogP contribution in [0.1, 0.15) is 38.3 Å². The van der Waals surface area contributed by atoms with Gasteiger partial charge in [-0.3, -0.25) is 14.3 Å². The van der Waals surface area contributed by atoms with Crippen molar-refractivity contribution in [2.45, 2.75) is 57.5 Å². The van der Waals surface area contributed by atoms with Crippen LogP contribution < -0.4 is 11.2 Å². The van der Waals surface area contributed by atoms with Gasteiger partial charge in [-0.2, -0.15) is 0 Å². The Hall–Kier alpha value is -2.94. The van der Waals surface area contributed by atoms with Crippen molar-refractivity contribution in [3.05, 3.63) is 56.8 Å². The van der Waals surface area contributed by atoms with Crippen molar-refractivity contribution in [1.82, 2.24) is 29.1 Å². The molecule has 0 amide bonds. The SMILES string of the molecule is CCCCn1c(=O)[nH]c(=O)c2c1nc(CSc1nc(C)nc3ccccc13)n2CC. The van der Waals surface area contributed by atoms with E-state index >= 15 is 0 Å². The highest BCUT2D eigenvalue weighted by molar-refractivity contribution is 7.98. The molecular formula is C21H24N6O2S. The van der Waals surface area contributed by atoms with E-state index in [1.165, 1.54) is 0 Å². The molecule has 1 N–H and O–H groups in total. The number of aromatic amines is 1. The summed E-state index contributed by atoms with van der Waals surface area (Å²) in [6.07, 6.45) is 1.79. The molecule has 0 aliphatic carbocycles. The van der Waals surface area contributed by atoms with Crippen LogP contribution in [0.2, 0.25) is 0 Å². The number of para-hydroxylation sites is 1. The second-order valence-electron chi connectivity index (χ2n) is 7.09. The molecule has 0 aliphatic heterocycles. The van der Waals surface area contributed by atoms with E-state index < -0.39 is 11.2 Å². The van der Waals surface area contributed by atoms with Crippen LogP contribution in [0.25, 0.3) is 22.1 Å². The van der Waals surface area contributed by atoms with E-state index in [-0.39, 0.29) is 0 Å². The largest absolute Gasteiger partial charge is 0.330 e. The van der Waals surface area contributed by atoms with E-state index in [2.05, 4.69) is 21.9 Å². The van der Waals surface area contributed by atoms with E-state index in [0.29, 0.717) is 35.8 Å². The summed E-state index contributed by atoms with van der Waals surface area (Å²) in [6.45, 7) is 7.04. The second-order valence-corrected chi connectivity index (χ2v) is 8.05. The number of nitrogens with one attached hydrogen (secondary N) is 1. The number of nitrogens with zero attached hydrogens (tertiary/aromatic N) is 5. The highest BCUT2D eigenvalue weighted by Gasteiger charge is 2.18. The molecule has 8 nitrogen and oxygen atoms in total. The number of hydrogen-bond donors (Lipinski definition) is 1. The van der Waals surface area contributed by atoms with Gasteiger partial charge in [0, 0.05) is 18.5 Å². The van der Waals surface area contributed by atoms with Gasteiger partial charge >= 0.3 is 5.69 Å². The third kappa shape index (κ3) is 3.65. The number of aryl methyl sites for hydroxylation is 3. The lowest BCUT2D eigenvalue weighted by molar-refractivity contribution is 0.613. The first-order chi connectivity index (χ1) is 14.5. The van der Waals surface area contributed by atoms with Gasteiger partial charge in [-0.05, 0) is 26.3 Å². The summed E-state index contributed by atoms with van der Waals surface area (Å²) >= 11 is 1.56. The predicted octanol–water partition coefficient (Wildman–Crippen LogP) is 3.25. The van der Waals surface area contributed by atoms with Gasteiger partial charge in [0.2, 0.25) is 0 Å². The van der Waals surface area contributed by atoms with Crippen LogP contribution in [0.15, 0.2) is 38.9 Å². The van der Waals surface area contributed by atoms with Crippen molar-refractivity contribution in [2.75, 3.05) is 0 Å². The highest BCUT2D eigenvalue weighted by Crippen LogP contribution is 2.28. The number of thioether (sulfide) groups is 1. The fourth-order valence-corrected chi connectivity index (χ4v) is 4.60. The van der Waals surface area contributed by atoms with E-state index in [0.717, 1.165) is 34.6 Å². The Kier molecular flexibility index (Phi) is 5.72. The van der Waals surface area contributed by atoms with Crippen LogP contribution in [0, 0.1) is 6.92 Å². The first-order valence-electron chi connectivity index (χ1n) is 10.1. The molecule has 0 atom stereocenters. The zero-order valence-electron chi connectivity index (χ0n) is 17.3. The van der Waals surface area contributed by atoms with Gasteiger partial charge in [0.1, 0.15) is 16.7 Å². The van der Waals surface area contributed by atoms with E-state index in [1.807, 2.05) is 42.7 Å². The third-order valence-corrected chi connectivity index (χ3v) is 6.02. The van der Waals surface area contributed by atoms with Gasteiger partial charge in [-0.15, -0.1) is 0 Å². The van der Waals surface area contributed by atoms with Crippen molar-refractivity contribution < 1.29 is 0 Å². The number of benzene rings is 1. The Morgan fingerprint density at radius 3 is 2.63 bits per heavy atom. The number of imidazole rings is 1. The molecule has 0 radical (unpaired) electrons. The summed E-state index contributed by atoms with van der Waals surface area (Å²) in [5, 5.41) is 1.87. The summed E-state index contributed by atoms with van der Waals surface area (Å²) in [6, 6.07) is 7.91. The van der Waals surface area contributed by atoms with Crippen LogP contribution in [-0.2, 0) is 18.8 Å². The van der Waals surface area contributed by atoms with Gasteiger partial charge in [0.25, 0.3) is 5.56 Å². The maximum atomic E-state index is 12.6. The average Bonchev–Trinajstić information content (AvgIpc) is 3.10. The minimum Gasteiger partial charge on any atom is -0.322 e. The molecule has 0 saturated carbocycles. The fraction of sp³-hybridized carbons (Fsp3) is 0.381. The van der Waals surface area contributed by atoms with Gasteiger partial charge in [-0.1, -0.05) is 43.3 Å². The summed E-state index contributed by atoms with van der Waals surface area (Å²) in [5.41, 5.74) is 1.02. The summed E-state index contributed by atoms with van der Waals surface area (Å²) in [5.74, 6) is 1.99. The fourth-order valence-electron chi connectivity index (χ4n) is 3.59. The molecule has 4 aromatic rings. The summed E-state index contributed by atoms with van der Waals surface area (Å²) in [4.78, 5) is 41.2. The van der Waals surface area contributed by atoms with E-state index in [9.17, 15) is 9.59 Å². The molecule has 0 saturated heterocycles. The lowest BCUT2D eigenvalue weighted by atomic mass is 10.2. The molecule has 0 spiro atoms. The molecule has 1 aromatic carbocycles. The van der Waals surface area contributed by atoms with Crippen molar-refractivity contribution in [2.24, 2.45) is 0 Å². The van der Waals surface area contributed by atoms with Gasteiger partial charge in [0.15, 0.2) is 11.2 Å². The van der Waals surface area contributed by atoms with Crippen molar-refractivity contribution in [3.63, 3.8) is 0 Å². The molecule has 0 fully saturated rings. The molecule has 4 rings (SSSR count). The Bertz CT molecular complexity index is 1340. The number of H-pyrrole nitrogens is 1. The molecule has 9 heteroatoms. The second kappa shape index (κ2) is 8.43. The lowest BCUT2D eigenvalue weighted by Crippen LogP contribution is -2.31. The van der Waals surface area contributed by atoms with Gasteiger partial charge < -0.3 is 4.57 Å². The molecule has 0 aliphatic rings. The molecule has 3 aromatic heterocycles. The molecule has 0 bridgehead atoms. The Balaban J connectivity index is 1.78. The third-order valence-electron chi connectivity index (χ3n) is 5.03. The zero-order chi connectivity index (χ0) is 21.3. The number of rotatable bonds is 7. The highest BCUT2D eigenvalue weighted by atomic mass is 32.2. The van der Waals surface area contributed by atoms with Gasteiger partial charge in [-0.25, -0.2) is 19.7 Å². The summed E-state index contributed by atoms with van der Waals surface area (Å²) < 4.78 is 3.46. The van der Waals surface area contributed by atoms with Crippen LogP contribution >= 0.6 is 11.8 Å². The first kappa shape index (κ1) is 20.3. The smallest absolute Gasteiger partial charge is 0.322 e. The van der Waals surface area contributed by atoms with Gasteiger partial charge in [0.05, 0.1) is 11.3 Å². The number of unbranched alkanes of at least 4 members (excludes halogenated alkanes) is 1. The van der Waals surface area contributed by atoms with Crippen molar-refractivity contribution in [3.8, 4) is 0 Å². The molecule has 156 valence electrons. The molecular weight excluding hydrogens is 400 g/mol. The zero-order valence-corrected chi connectivity index (χ0v) is 18.1. The monoisotopic (exact) mass is 424 g/mol. The minimum absolute atomic E-state index is 0.392. The minimum atomic E-state index is -0.404. The number of aromatic nitrogens is 6. The Labute approximate surface area is 177 Å². The quantitative estimate of drug-likeness (QED) is 0.361.